The molecule has 0 bridgehead atoms. The van der Waals surface area contributed by atoms with Crippen LogP contribution in [0.4, 0.5) is 5.69 Å². The molecule has 6 nitrogen and oxygen atoms in total. The number of amides is 1. The number of nitrogens with zero attached hydrogens (tertiary/aromatic N) is 1. The monoisotopic (exact) mass is 457 g/mol. The van der Waals surface area contributed by atoms with Crippen LogP contribution in [0.15, 0.2) is 78.4 Å². The van der Waals surface area contributed by atoms with E-state index < -0.39 is 17.7 Å². The van der Waals surface area contributed by atoms with Crippen molar-refractivity contribution in [2.24, 2.45) is 0 Å². The van der Waals surface area contributed by atoms with Gasteiger partial charge in [-0.1, -0.05) is 31.2 Å². The van der Waals surface area contributed by atoms with Crippen molar-refractivity contribution in [1.29, 1.82) is 0 Å². The van der Waals surface area contributed by atoms with Gasteiger partial charge in [0.05, 0.1) is 25.3 Å². The number of aryl methyl sites for hydroxylation is 1. The van der Waals surface area contributed by atoms with Crippen molar-refractivity contribution in [2.75, 3.05) is 18.6 Å². The number of hydrogen-bond donors (Lipinski definition) is 1. The minimum absolute atomic E-state index is 0.0531. The topological polar surface area (TPSA) is 76.1 Å². The number of benzene rings is 3. The Balaban J connectivity index is 1.85. The van der Waals surface area contributed by atoms with Crippen LogP contribution in [0.3, 0.4) is 0 Å². The Kier molecular flexibility index (Phi) is 6.68. The van der Waals surface area contributed by atoms with E-state index in [-0.39, 0.29) is 11.3 Å². The fourth-order valence-electron chi connectivity index (χ4n) is 4.11. The molecule has 3 aromatic carbocycles. The summed E-state index contributed by atoms with van der Waals surface area (Å²) >= 11 is 0. The lowest BCUT2D eigenvalue weighted by molar-refractivity contribution is -0.132. The summed E-state index contributed by atoms with van der Waals surface area (Å²) in [6.07, 6.45) is 0.882. The highest BCUT2D eigenvalue weighted by molar-refractivity contribution is 6.51. The molecule has 0 saturated carbocycles. The molecule has 4 rings (SSSR count). The van der Waals surface area contributed by atoms with E-state index in [0.717, 1.165) is 17.5 Å². The van der Waals surface area contributed by atoms with Crippen molar-refractivity contribution in [3.05, 3.63) is 95.1 Å². The zero-order valence-electron chi connectivity index (χ0n) is 19.4. The Hall–Kier alpha value is -4.06. The van der Waals surface area contributed by atoms with Gasteiger partial charge in [-0.15, -0.1) is 0 Å². The van der Waals surface area contributed by atoms with E-state index in [1.54, 1.807) is 55.6 Å². The Morgan fingerprint density at radius 1 is 0.941 bits per heavy atom. The number of ether oxygens (including phenoxy) is 2. The lowest BCUT2D eigenvalue weighted by atomic mass is 9.92. The van der Waals surface area contributed by atoms with Gasteiger partial charge in [-0.3, -0.25) is 14.5 Å². The van der Waals surface area contributed by atoms with Gasteiger partial charge in [-0.05, 0) is 73.0 Å². The summed E-state index contributed by atoms with van der Waals surface area (Å²) in [4.78, 5) is 28.0. The molecule has 1 aliphatic rings. The fraction of sp³-hybridized carbons (Fsp3) is 0.214. The second kappa shape index (κ2) is 9.83. The molecule has 174 valence electrons. The summed E-state index contributed by atoms with van der Waals surface area (Å²) < 4.78 is 10.8. The van der Waals surface area contributed by atoms with Crippen molar-refractivity contribution >= 4 is 23.1 Å². The van der Waals surface area contributed by atoms with E-state index in [4.69, 9.17) is 9.47 Å². The van der Waals surface area contributed by atoms with Gasteiger partial charge in [0.15, 0.2) is 0 Å². The van der Waals surface area contributed by atoms with Gasteiger partial charge < -0.3 is 14.6 Å². The third-order valence-corrected chi connectivity index (χ3v) is 5.88. The molecular formula is C28H27NO5. The highest BCUT2D eigenvalue weighted by Crippen LogP contribution is 2.43. The molecule has 0 aromatic heterocycles. The maximum Gasteiger partial charge on any atom is 0.300 e. The third-order valence-electron chi connectivity index (χ3n) is 5.88. The SMILES string of the molecule is CCCOc1ccc(/C(O)=C2/C(=O)C(=O)N(c3ccc(OC)cc3)C2c2ccccc2C)cc1. The maximum absolute atomic E-state index is 13.3. The summed E-state index contributed by atoms with van der Waals surface area (Å²) in [5, 5.41) is 11.3. The molecule has 0 radical (unpaired) electrons. The van der Waals surface area contributed by atoms with Crippen LogP contribution in [0.1, 0.15) is 36.1 Å². The van der Waals surface area contributed by atoms with Crippen LogP contribution in [-0.2, 0) is 9.59 Å². The summed E-state index contributed by atoms with van der Waals surface area (Å²) in [6, 6.07) is 20.6. The van der Waals surface area contributed by atoms with Gasteiger partial charge in [0.25, 0.3) is 11.7 Å². The fourth-order valence-corrected chi connectivity index (χ4v) is 4.11. The van der Waals surface area contributed by atoms with Crippen LogP contribution in [0.2, 0.25) is 0 Å². The number of hydrogen-bond acceptors (Lipinski definition) is 5. The van der Waals surface area contributed by atoms with Gasteiger partial charge in [-0.25, -0.2) is 0 Å². The average Bonchev–Trinajstić information content (AvgIpc) is 3.13. The normalized spacial score (nSPS) is 17.1. The average molecular weight is 458 g/mol. The molecule has 34 heavy (non-hydrogen) atoms. The summed E-state index contributed by atoms with van der Waals surface area (Å²) in [5.74, 6) is -0.328. The number of ketones is 1. The first-order valence-electron chi connectivity index (χ1n) is 11.2. The molecule has 0 spiro atoms. The van der Waals surface area contributed by atoms with Gasteiger partial charge >= 0.3 is 0 Å². The summed E-state index contributed by atoms with van der Waals surface area (Å²) in [5.41, 5.74) is 2.70. The molecule has 1 heterocycles. The third kappa shape index (κ3) is 4.27. The molecule has 3 aromatic rings. The molecule has 1 unspecified atom stereocenters. The van der Waals surface area contributed by atoms with E-state index >= 15 is 0 Å². The molecule has 1 fully saturated rings. The highest BCUT2D eigenvalue weighted by Gasteiger charge is 2.47. The predicted molar refractivity (Wildman–Crippen MR) is 131 cm³/mol. The van der Waals surface area contributed by atoms with Gasteiger partial charge in [0.1, 0.15) is 17.3 Å². The number of carbonyl (C=O) groups excluding carboxylic acids is 2. The molecule has 0 aliphatic carbocycles. The largest absolute Gasteiger partial charge is 0.507 e. The van der Waals surface area contributed by atoms with Crippen LogP contribution < -0.4 is 14.4 Å². The first kappa shape index (κ1) is 23.1. The first-order chi connectivity index (χ1) is 16.5. The molecule has 1 saturated heterocycles. The summed E-state index contributed by atoms with van der Waals surface area (Å²) in [7, 11) is 1.56. The second-order valence-corrected chi connectivity index (χ2v) is 8.10. The molecule has 1 aliphatic heterocycles. The number of rotatable bonds is 7. The van der Waals surface area contributed by atoms with Crippen molar-refractivity contribution in [3.63, 3.8) is 0 Å². The molecule has 6 heteroatoms. The van der Waals surface area contributed by atoms with E-state index in [0.29, 0.717) is 29.4 Å². The van der Waals surface area contributed by atoms with Crippen LogP contribution in [0.25, 0.3) is 5.76 Å². The zero-order valence-corrected chi connectivity index (χ0v) is 19.4. The predicted octanol–water partition coefficient (Wildman–Crippen LogP) is 5.42. The van der Waals surface area contributed by atoms with E-state index in [1.165, 1.54) is 4.90 Å². The van der Waals surface area contributed by atoms with E-state index in [2.05, 4.69) is 0 Å². The number of carbonyl (C=O) groups is 2. The Morgan fingerprint density at radius 2 is 1.59 bits per heavy atom. The minimum atomic E-state index is -0.773. The Morgan fingerprint density at radius 3 is 2.21 bits per heavy atom. The van der Waals surface area contributed by atoms with Crippen LogP contribution in [-0.4, -0.2) is 30.5 Å². The lowest BCUT2D eigenvalue weighted by Gasteiger charge is -2.26. The van der Waals surface area contributed by atoms with Crippen molar-refractivity contribution < 1.29 is 24.2 Å². The maximum atomic E-state index is 13.3. The number of Topliss-reactive ketones (excluding diaryl/α,β-unsaturated/α-hetero) is 1. The van der Waals surface area contributed by atoms with Crippen LogP contribution in [0.5, 0.6) is 11.5 Å². The van der Waals surface area contributed by atoms with Gasteiger partial charge in [0, 0.05) is 11.3 Å². The minimum Gasteiger partial charge on any atom is -0.507 e. The Bertz CT molecular complexity index is 1230. The highest BCUT2D eigenvalue weighted by atomic mass is 16.5. The second-order valence-electron chi connectivity index (χ2n) is 8.10. The number of aliphatic hydroxyl groups is 1. The first-order valence-corrected chi connectivity index (χ1v) is 11.2. The number of methoxy groups -OCH3 is 1. The molecule has 1 amide bonds. The number of anilines is 1. The quantitative estimate of drug-likeness (QED) is 0.291. The van der Waals surface area contributed by atoms with Crippen molar-refractivity contribution in [2.45, 2.75) is 26.3 Å². The van der Waals surface area contributed by atoms with Crippen molar-refractivity contribution in [3.8, 4) is 11.5 Å². The van der Waals surface area contributed by atoms with Crippen LogP contribution in [0, 0.1) is 6.92 Å². The zero-order chi connectivity index (χ0) is 24.2. The number of aliphatic hydroxyl groups excluding tert-OH is 1. The summed E-state index contributed by atoms with van der Waals surface area (Å²) in [6.45, 7) is 4.53. The van der Waals surface area contributed by atoms with Gasteiger partial charge in [-0.2, -0.15) is 0 Å². The smallest absolute Gasteiger partial charge is 0.300 e. The standard InChI is InChI=1S/C28H27NO5/c1-4-17-34-22-13-9-19(10-14-22)26(30)24-25(23-8-6-5-7-18(23)2)29(28(32)27(24)31)20-11-15-21(33-3)16-12-20/h5-16,25,30H,4,17H2,1-3H3/b26-24-. The van der Waals surface area contributed by atoms with E-state index in [9.17, 15) is 14.7 Å². The Labute approximate surface area is 199 Å². The molecule has 1 atom stereocenters. The van der Waals surface area contributed by atoms with E-state index in [1.807, 2.05) is 38.1 Å². The molecular weight excluding hydrogens is 430 g/mol. The lowest BCUT2D eigenvalue weighted by Crippen LogP contribution is -2.29. The van der Waals surface area contributed by atoms with Crippen molar-refractivity contribution in [1.82, 2.24) is 0 Å². The molecule has 1 N–H and O–H groups in total. The van der Waals surface area contributed by atoms with Gasteiger partial charge in [0.2, 0.25) is 0 Å². The van der Waals surface area contributed by atoms with Crippen LogP contribution >= 0.6 is 0 Å².